The zero-order chi connectivity index (χ0) is 22.8. The van der Waals surface area contributed by atoms with Crippen LogP contribution in [-0.4, -0.2) is 53.3 Å². The van der Waals surface area contributed by atoms with Gasteiger partial charge >= 0.3 is 0 Å². The average molecular weight is 468 g/mol. The van der Waals surface area contributed by atoms with Crippen molar-refractivity contribution in [3.63, 3.8) is 0 Å². The number of ether oxygens (including phenoxy) is 2. The maximum atomic E-state index is 12.9. The molecule has 2 aromatic carbocycles. The Morgan fingerprint density at radius 2 is 1.82 bits per heavy atom. The van der Waals surface area contributed by atoms with Crippen molar-refractivity contribution in [2.24, 2.45) is 0 Å². The third-order valence-electron chi connectivity index (χ3n) is 6.65. The van der Waals surface area contributed by atoms with Crippen LogP contribution in [0.2, 0.25) is 0 Å². The van der Waals surface area contributed by atoms with Gasteiger partial charge in [-0.2, -0.15) is 0 Å². The first kappa shape index (κ1) is 22.1. The van der Waals surface area contributed by atoms with Gasteiger partial charge in [-0.25, -0.2) is 0 Å². The molecule has 1 spiro atoms. The van der Waals surface area contributed by atoms with E-state index < -0.39 is 0 Å². The molecule has 3 aliphatic heterocycles. The van der Waals surface area contributed by atoms with E-state index in [1.165, 1.54) is 5.56 Å². The highest BCUT2D eigenvalue weighted by molar-refractivity contribution is 8.01. The summed E-state index contributed by atoms with van der Waals surface area (Å²) in [6, 6.07) is 13.4. The molecule has 1 atom stereocenters. The van der Waals surface area contributed by atoms with Gasteiger partial charge in [0.05, 0.1) is 10.9 Å². The number of nitrogens with one attached hydrogen (secondary N) is 2. The molecule has 1 unspecified atom stereocenters. The second-order valence-corrected chi connectivity index (χ2v) is 10.2. The number of hydrogen-bond acceptors (Lipinski definition) is 6. The van der Waals surface area contributed by atoms with Gasteiger partial charge in [0, 0.05) is 31.0 Å². The number of amides is 2. The Balaban J connectivity index is 1.11. The summed E-state index contributed by atoms with van der Waals surface area (Å²) in [7, 11) is 0. The quantitative estimate of drug-likeness (QED) is 0.704. The van der Waals surface area contributed by atoms with Gasteiger partial charge in [-0.05, 0) is 54.7 Å². The largest absolute Gasteiger partial charge is 0.454 e. The number of carbonyl (C=O) groups is 2. The normalized spacial score (nSPS) is 20.8. The van der Waals surface area contributed by atoms with Gasteiger partial charge in [0.25, 0.3) is 5.91 Å². The average Bonchev–Trinajstić information content (AvgIpc) is 3.50. The number of carbonyl (C=O) groups excluding carboxylic acids is 2. The van der Waals surface area contributed by atoms with Crippen molar-refractivity contribution in [3.8, 4) is 11.5 Å². The standard InChI is InChI=1S/C25H29N3O4S/c1-2-17-3-6-19(7-4-17)24(30)28-11-9-25(10-12-28)27-20(15-33-25)23(29)26-14-18-5-8-21-22(13-18)32-16-31-21/h3-8,13,20,27H,2,9-12,14-16H2,1H3,(H,26,29). The summed E-state index contributed by atoms with van der Waals surface area (Å²) in [5.41, 5.74) is 2.96. The van der Waals surface area contributed by atoms with Crippen LogP contribution in [0.1, 0.15) is 41.3 Å². The number of aryl methyl sites for hydroxylation is 1. The molecule has 0 saturated carbocycles. The van der Waals surface area contributed by atoms with E-state index in [2.05, 4.69) is 17.6 Å². The van der Waals surface area contributed by atoms with Gasteiger partial charge in [0.1, 0.15) is 0 Å². The van der Waals surface area contributed by atoms with Crippen molar-refractivity contribution in [1.29, 1.82) is 0 Å². The fourth-order valence-electron chi connectivity index (χ4n) is 4.57. The molecule has 0 bridgehead atoms. The summed E-state index contributed by atoms with van der Waals surface area (Å²) >= 11 is 1.81. The van der Waals surface area contributed by atoms with Gasteiger partial charge in [0.2, 0.25) is 12.7 Å². The van der Waals surface area contributed by atoms with Gasteiger partial charge in [-0.15, -0.1) is 11.8 Å². The van der Waals surface area contributed by atoms with Crippen LogP contribution in [0.15, 0.2) is 42.5 Å². The predicted molar refractivity (Wildman–Crippen MR) is 127 cm³/mol. The van der Waals surface area contributed by atoms with E-state index in [-0.39, 0.29) is 29.5 Å². The molecule has 2 fully saturated rings. The van der Waals surface area contributed by atoms with E-state index in [1.807, 2.05) is 59.1 Å². The van der Waals surface area contributed by atoms with Crippen LogP contribution in [0.3, 0.4) is 0 Å². The topological polar surface area (TPSA) is 79.9 Å². The number of likely N-dealkylation sites (tertiary alicyclic amines) is 1. The summed E-state index contributed by atoms with van der Waals surface area (Å²) in [6.07, 6.45) is 2.64. The van der Waals surface area contributed by atoms with Crippen LogP contribution in [-0.2, 0) is 17.8 Å². The van der Waals surface area contributed by atoms with E-state index in [1.54, 1.807) is 0 Å². The number of hydrogen-bond donors (Lipinski definition) is 2. The molecule has 0 radical (unpaired) electrons. The molecule has 174 valence electrons. The fourth-order valence-corrected chi connectivity index (χ4v) is 5.99. The number of piperidine rings is 1. The molecule has 2 aromatic rings. The van der Waals surface area contributed by atoms with Crippen molar-refractivity contribution < 1.29 is 19.1 Å². The molecule has 8 heteroatoms. The van der Waals surface area contributed by atoms with E-state index in [0.29, 0.717) is 19.6 Å². The van der Waals surface area contributed by atoms with E-state index in [9.17, 15) is 9.59 Å². The zero-order valence-electron chi connectivity index (χ0n) is 18.8. The summed E-state index contributed by atoms with van der Waals surface area (Å²) < 4.78 is 10.7. The van der Waals surface area contributed by atoms with Gasteiger partial charge < -0.3 is 19.7 Å². The highest BCUT2D eigenvalue weighted by atomic mass is 32.2. The maximum absolute atomic E-state index is 12.9. The van der Waals surface area contributed by atoms with Crippen molar-refractivity contribution in [2.75, 3.05) is 25.6 Å². The second-order valence-electron chi connectivity index (χ2n) is 8.75. The number of nitrogens with zero attached hydrogens (tertiary/aromatic N) is 1. The van der Waals surface area contributed by atoms with Gasteiger partial charge in [0.15, 0.2) is 11.5 Å². The summed E-state index contributed by atoms with van der Waals surface area (Å²) in [4.78, 5) is 27.5. The molecule has 33 heavy (non-hydrogen) atoms. The Bertz CT molecular complexity index is 1030. The molecule has 2 amide bonds. The van der Waals surface area contributed by atoms with Crippen molar-refractivity contribution >= 4 is 23.6 Å². The van der Waals surface area contributed by atoms with E-state index in [0.717, 1.165) is 47.6 Å². The highest BCUT2D eigenvalue weighted by Gasteiger charge is 2.44. The van der Waals surface area contributed by atoms with Crippen LogP contribution < -0.4 is 20.1 Å². The highest BCUT2D eigenvalue weighted by Crippen LogP contribution is 2.39. The third-order valence-corrected chi connectivity index (χ3v) is 8.23. The van der Waals surface area contributed by atoms with Crippen LogP contribution >= 0.6 is 11.8 Å². The fraction of sp³-hybridized carbons (Fsp3) is 0.440. The molecule has 2 N–H and O–H groups in total. The molecule has 7 nitrogen and oxygen atoms in total. The lowest BCUT2D eigenvalue weighted by atomic mass is 10.0. The van der Waals surface area contributed by atoms with Crippen molar-refractivity contribution in [2.45, 2.75) is 43.6 Å². The van der Waals surface area contributed by atoms with Crippen LogP contribution in [0.4, 0.5) is 0 Å². The molecule has 3 heterocycles. The third kappa shape index (κ3) is 4.68. The number of thioether (sulfide) groups is 1. The van der Waals surface area contributed by atoms with E-state index in [4.69, 9.17) is 9.47 Å². The van der Waals surface area contributed by atoms with Gasteiger partial charge in [-0.1, -0.05) is 25.1 Å². The lowest BCUT2D eigenvalue weighted by Crippen LogP contribution is -2.54. The first-order valence-electron chi connectivity index (χ1n) is 11.5. The minimum absolute atomic E-state index is 0.00608. The first-order valence-corrected chi connectivity index (χ1v) is 12.5. The molecule has 0 aliphatic carbocycles. The monoisotopic (exact) mass is 467 g/mol. The molecule has 3 aliphatic rings. The second kappa shape index (κ2) is 9.27. The Morgan fingerprint density at radius 1 is 1.09 bits per heavy atom. The smallest absolute Gasteiger partial charge is 0.253 e. The number of fused-ring (bicyclic) bond motifs is 1. The molecule has 5 rings (SSSR count). The minimum Gasteiger partial charge on any atom is -0.454 e. The summed E-state index contributed by atoms with van der Waals surface area (Å²) in [6.45, 7) is 4.19. The first-order chi connectivity index (χ1) is 16.0. The SMILES string of the molecule is CCc1ccc(C(=O)N2CCC3(CC2)NC(C(=O)NCc2ccc4c(c2)OCO4)CS3)cc1. The molecule has 0 aromatic heterocycles. The van der Waals surface area contributed by atoms with E-state index >= 15 is 0 Å². The number of rotatable bonds is 5. The zero-order valence-corrected chi connectivity index (χ0v) is 19.6. The lowest BCUT2D eigenvalue weighted by molar-refractivity contribution is -0.122. The lowest BCUT2D eigenvalue weighted by Gasteiger charge is -2.39. The Morgan fingerprint density at radius 3 is 2.58 bits per heavy atom. The maximum Gasteiger partial charge on any atom is 0.253 e. The summed E-state index contributed by atoms with van der Waals surface area (Å²) in [5, 5.41) is 6.60. The summed E-state index contributed by atoms with van der Waals surface area (Å²) in [5.74, 6) is 2.29. The molecule has 2 saturated heterocycles. The Labute approximate surface area is 198 Å². The van der Waals surface area contributed by atoms with Crippen molar-refractivity contribution in [3.05, 3.63) is 59.2 Å². The Hall–Kier alpha value is -2.71. The van der Waals surface area contributed by atoms with Gasteiger partial charge in [-0.3, -0.25) is 14.9 Å². The Kier molecular flexibility index (Phi) is 6.21. The van der Waals surface area contributed by atoms with Crippen molar-refractivity contribution in [1.82, 2.24) is 15.5 Å². The predicted octanol–water partition coefficient (Wildman–Crippen LogP) is 2.93. The minimum atomic E-state index is -0.229. The van der Waals surface area contributed by atoms with Crippen LogP contribution in [0, 0.1) is 0 Å². The van der Waals surface area contributed by atoms with Crippen LogP contribution in [0.5, 0.6) is 11.5 Å². The molecular weight excluding hydrogens is 438 g/mol. The molecular formula is C25H29N3O4S. The van der Waals surface area contributed by atoms with Crippen LogP contribution in [0.25, 0.3) is 0 Å². The number of benzene rings is 2.